The van der Waals surface area contributed by atoms with Crippen molar-refractivity contribution in [3.05, 3.63) is 92.8 Å². The van der Waals surface area contributed by atoms with Crippen molar-refractivity contribution in [1.29, 1.82) is 0 Å². The fraction of sp³-hybridized carbons (Fsp3) is 0.0800. The van der Waals surface area contributed by atoms with Gasteiger partial charge in [-0.1, -0.05) is 41.6 Å². The van der Waals surface area contributed by atoms with E-state index in [1.807, 2.05) is 19.1 Å². The molecule has 0 aliphatic heterocycles. The van der Waals surface area contributed by atoms with Crippen LogP contribution >= 0.6 is 11.8 Å². The van der Waals surface area contributed by atoms with Crippen LogP contribution in [0.25, 0.3) is 27.5 Å². The summed E-state index contributed by atoms with van der Waals surface area (Å²) in [6.45, 7) is 1.89. The Bertz CT molecular complexity index is 1780. The zero-order chi connectivity index (χ0) is 26.1. The van der Waals surface area contributed by atoms with Crippen LogP contribution in [-0.4, -0.2) is 36.2 Å². The Balaban J connectivity index is 1.45. The van der Waals surface area contributed by atoms with E-state index in [4.69, 9.17) is 0 Å². The lowest BCUT2D eigenvalue weighted by Gasteiger charge is -2.12. The number of carbonyl (C=O) groups is 1. The van der Waals surface area contributed by atoms with Crippen LogP contribution in [0.4, 0.5) is 11.4 Å². The number of aromatic nitrogens is 3. The number of hydrogen-bond donors (Lipinski definition) is 2. The molecule has 0 unspecified atom stereocenters. The normalized spacial score (nSPS) is 11.5. The maximum Gasteiger partial charge on any atom is 0.275 e. The van der Waals surface area contributed by atoms with Crippen LogP contribution in [0.5, 0.6) is 5.88 Å². The zero-order valence-electron chi connectivity index (χ0n) is 19.3. The fourth-order valence-corrected chi connectivity index (χ4v) is 4.60. The molecule has 0 fully saturated rings. The average molecular weight is 515 g/mol. The van der Waals surface area contributed by atoms with Gasteiger partial charge in [-0.15, -0.1) is 10.2 Å². The average Bonchev–Trinajstić information content (AvgIpc) is 3.21. The monoisotopic (exact) mass is 514 g/mol. The maximum atomic E-state index is 13.4. The molecule has 3 aromatic carbocycles. The molecule has 2 N–H and O–H groups in total. The van der Waals surface area contributed by atoms with Crippen molar-refractivity contribution in [2.45, 2.75) is 12.1 Å². The highest BCUT2D eigenvalue weighted by Gasteiger charge is 2.17. The van der Waals surface area contributed by atoms with E-state index < -0.39 is 10.8 Å². The second-order valence-corrected chi connectivity index (χ2v) is 9.03. The summed E-state index contributed by atoms with van der Waals surface area (Å²) in [6, 6.07) is 18.3. The summed E-state index contributed by atoms with van der Waals surface area (Å²) in [5.41, 5.74) is 1.89. The number of aromatic hydroxyl groups is 1. The number of nitrogens with one attached hydrogen (secondary N) is 1. The summed E-state index contributed by atoms with van der Waals surface area (Å²) in [5.74, 6) is -1.21. The number of aryl methyl sites for hydroxylation is 1. The number of fused-ring (bicyclic) bond motifs is 2. The number of non-ortho nitro benzene ring substituents is 1. The van der Waals surface area contributed by atoms with E-state index in [0.717, 1.165) is 17.3 Å². The van der Waals surface area contributed by atoms with E-state index in [1.54, 1.807) is 36.4 Å². The largest absolute Gasteiger partial charge is 0.493 e. The molecule has 5 rings (SSSR count). The summed E-state index contributed by atoms with van der Waals surface area (Å²) in [4.78, 5) is 43.7. The van der Waals surface area contributed by atoms with Gasteiger partial charge in [0, 0.05) is 17.5 Å². The van der Waals surface area contributed by atoms with Gasteiger partial charge in [-0.05, 0) is 37.3 Å². The lowest BCUT2D eigenvalue weighted by Crippen LogP contribution is -2.22. The first-order chi connectivity index (χ1) is 17.8. The SMILES string of the molecule is Cc1ccc2nc(SCC(=O)N=Nc3c(O)[nH]c4ccc([N+](=O)[O-])cc34)n(-c3ccccc3)c(=O)c2c1. The molecule has 0 aliphatic carbocycles. The quantitative estimate of drug-likeness (QED) is 0.104. The van der Waals surface area contributed by atoms with Gasteiger partial charge in [-0.2, -0.15) is 0 Å². The number of para-hydroxylation sites is 1. The van der Waals surface area contributed by atoms with E-state index >= 15 is 0 Å². The summed E-state index contributed by atoms with van der Waals surface area (Å²) in [5, 5.41) is 29.8. The maximum absolute atomic E-state index is 13.4. The number of benzene rings is 3. The van der Waals surface area contributed by atoms with E-state index in [1.165, 1.54) is 22.8 Å². The number of H-pyrrole nitrogens is 1. The first kappa shape index (κ1) is 23.9. The molecular formula is C25H18N6O5S. The van der Waals surface area contributed by atoms with Gasteiger partial charge in [0.15, 0.2) is 10.8 Å². The number of rotatable bonds is 6. The number of azo groups is 1. The molecule has 184 valence electrons. The number of hydrogen-bond acceptors (Lipinski definition) is 8. The highest BCUT2D eigenvalue weighted by atomic mass is 32.2. The predicted octanol–water partition coefficient (Wildman–Crippen LogP) is 5.19. The van der Waals surface area contributed by atoms with Crippen molar-refractivity contribution in [1.82, 2.24) is 14.5 Å². The Morgan fingerprint density at radius 2 is 1.92 bits per heavy atom. The number of nitro benzene ring substituents is 1. The van der Waals surface area contributed by atoms with Gasteiger partial charge >= 0.3 is 0 Å². The van der Waals surface area contributed by atoms with Crippen molar-refractivity contribution in [2.24, 2.45) is 10.2 Å². The molecule has 2 aromatic heterocycles. The number of thioether (sulfide) groups is 1. The van der Waals surface area contributed by atoms with Gasteiger partial charge in [0.2, 0.25) is 5.88 Å². The summed E-state index contributed by atoms with van der Waals surface area (Å²) in [6.07, 6.45) is 0. The summed E-state index contributed by atoms with van der Waals surface area (Å²) in [7, 11) is 0. The van der Waals surface area contributed by atoms with Crippen molar-refractivity contribution < 1.29 is 14.8 Å². The molecular weight excluding hydrogens is 496 g/mol. The lowest BCUT2D eigenvalue weighted by molar-refractivity contribution is -0.384. The van der Waals surface area contributed by atoms with Crippen molar-refractivity contribution in [2.75, 3.05) is 5.75 Å². The molecule has 0 bridgehead atoms. The molecule has 0 saturated heterocycles. The topological polar surface area (TPSA) is 156 Å². The third-order valence-electron chi connectivity index (χ3n) is 5.54. The van der Waals surface area contributed by atoms with E-state index in [0.29, 0.717) is 27.3 Å². The minimum atomic E-state index is -0.651. The molecule has 2 heterocycles. The zero-order valence-corrected chi connectivity index (χ0v) is 20.1. The molecule has 0 atom stereocenters. The number of carbonyl (C=O) groups excluding carboxylic acids is 1. The molecule has 5 aromatic rings. The Morgan fingerprint density at radius 3 is 2.68 bits per heavy atom. The van der Waals surface area contributed by atoms with Crippen molar-refractivity contribution in [3.63, 3.8) is 0 Å². The molecule has 37 heavy (non-hydrogen) atoms. The van der Waals surface area contributed by atoms with Crippen LogP contribution in [0, 0.1) is 17.0 Å². The third-order valence-corrected chi connectivity index (χ3v) is 6.46. The standard InChI is InChI=1S/C25H18N6O5S/c1-14-7-9-20-18(11-14)24(34)30(15-5-3-2-4-6-15)25(27-20)37-13-21(32)28-29-22-17-12-16(31(35)36)8-10-19(17)26-23(22)33/h2-12,26,33H,13H2,1H3. The van der Waals surface area contributed by atoms with Gasteiger partial charge in [0.25, 0.3) is 17.2 Å². The number of aromatic amines is 1. The van der Waals surface area contributed by atoms with Crippen LogP contribution in [0.15, 0.2) is 86.9 Å². The number of nitrogens with zero attached hydrogens (tertiary/aromatic N) is 5. The van der Waals surface area contributed by atoms with Crippen LogP contribution in [0.3, 0.4) is 0 Å². The molecule has 0 spiro atoms. The Hall–Kier alpha value is -4.84. The van der Waals surface area contributed by atoms with Gasteiger partial charge in [-0.25, -0.2) is 4.98 Å². The predicted molar refractivity (Wildman–Crippen MR) is 139 cm³/mol. The fourth-order valence-electron chi connectivity index (χ4n) is 3.81. The van der Waals surface area contributed by atoms with Crippen molar-refractivity contribution in [3.8, 4) is 11.6 Å². The lowest BCUT2D eigenvalue weighted by atomic mass is 10.1. The minimum absolute atomic E-state index is 0.0857. The van der Waals surface area contributed by atoms with Gasteiger partial charge < -0.3 is 10.1 Å². The smallest absolute Gasteiger partial charge is 0.275 e. The van der Waals surface area contributed by atoms with Gasteiger partial charge in [-0.3, -0.25) is 24.3 Å². The van der Waals surface area contributed by atoms with E-state index in [2.05, 4.69) is 20.2 Å². The molecule has 11 nitrogen and oxygen atoms in total. The highest BCUT2D eigenvalue weighted by Crippen LogP contribution is 2.37. The molecule has 12 heteroatoms. The van der Waals surface area contributed by atoms with Gasteiger partial charge in [0.05, 0.1) is 32.8 Å². The van der Waals surface area contributed by atoms with Crippen LogP contribution in [0.1, 0.15) is 5.56 Å². The third kappa shape index (κ3) is 4.69. The second-order valence-electron chi connectivity index (χ2n) is 8.08. The van der Waals surface area contributed by atoms with Crippen molar-refractivity contribution >= 4 is 50.8 Å². The second kappa shape index (κ2) is 9.66. The number of amides is 1. The van der Waals surface area contributed by atoms with Gasteiger partial charge in [0.1, 0.15) is 0 Å². The molecule has 0 saturated carbocycles. The summed E-state index contributed by atoms with van der Waals surface area (Å²) >= 11 is 1.02. The molecule has 0 aliphatic rings. The molecule has 1 amide bonds. The van der Waals surface area contributed by atoms with Crippen LogP contribution in [-0.2, 0) is 4.79 Å². The molecule has 0 radical (unpaired) electrons. The first-order valence-electron chi connectivity index (χ1n) is 11.0. The van der Waals surface area contributed by atoms with E-state index in [9.17, 15) is 24.8 Å². The highest BCUT2D eigenvalue weighted by molar-refractivity contribution is 7.99. The van der Waals surface area contributed by atoms with Crippen LogP contribution < -0.4 is 5.56 Å². The minimum Gasteiger partial charge on any atom is -0.493 e. The Kier molecular flexibility index (Phi) is 6.24. The van der Waals surface area contributed by atoms with E-state index in [-0.39, 0.29) is 34.0 Å². The number of nitro groups is 1. The first-order valence-corrected chi connectivity index (χ1v) is 12.0. The Morgan fingerprint density at radius 1 is 1.14 bits per heavy atom. The summed E-state index contributed by atoms with van der Waals surface area (Å²) < 4.78 is 1.45. The Labute approximate surface area is 212 Å². The van der Waals surface area contributed by atoms with Crippen LogP contribution in [0.2, 0.25) is 0 Å².